The summed E-state index contributed by atoms with van der Waals surface area (Å²) < 4.78 is 0. The summed E-state index contributed by atoms with van der Waals surface area (Å²) in [6, 6.07) is 6.14. The van der Waals surface area contributed by atoms with Gasteiger partial charge in [-0.15, -0.1) is 0 Å². The van der Waals surface area contributed by atoms with Crippen LogP contribution in [0.4, 0.5) is 0 Å². The van der Waals surface area contributed by atoms with Gasteiger partial charge in [-0.05, 0) is 23.1 Å². The Labute approximate surface area is 96.1 Å². The van der Waals surface area contributed by atoms with Crippen LogP contribution in [-0.2, 0) is 13.0 Å². The van der Waals surface area contributed by atoms with E-state index in [1.165, 1.54) is 0 Å². The molecule has 16 heavy (non-hydrogen) atoms. The van der Waals surface area contributed by atoms with Crippen molar-refractivity contribution in [2.45, 2.75) is 33.7 Å². The number of hydrogen-bond donors (Lipinski definition) is 2. The molecule has 0 aliphatic heterocycles. The van der Waals surface area contributed by atoms with Crippen molar-refractivity contribution in [3.05, 3.63) is 29.6 Å². The first-order valence-electron chi connectivity index (χ1n) is 5.65. The molecule has 1 aromatic carbocycles. The average molecular weight is 217 g/mol. The second-order valence-electron chi connectivity index (χ2n) is 5.48. The van der Waals surface area contributed by atoms with E-state index in [2.05, 4.69) is 36.8 Å². The molecule has 3 heteroatoms. The van der Waals surface area contributed by atoms with Crippen molar-refractivity contribution < 1.29 is 0 Å². The van der Waals surface area contributed by atoms with Crippen molar-refractivity contribution in [3.8, 4) is 0 Å². The molecule has 0 saturated heterocycles. The second-order valence-corrected chi connectivity index (χ2v) is 5.48. The highest BCUT2D eigenvalue weighted by molar-refractivity contribution is 5.75. The van der Waals surface area contributed by atoms with Gasteiger partial charge in [0.05, 0.1) is 11.0 Å². The lowest BCUT2D eigenvalue weighted by molar-refractivity contribution is 0.402. The van der Waals surface area contributed by atoms with Gasteiger partial charge in [-0.25, -0.2) is 4.98 Å². The van der Waals surface area contributed by atoms with Gasteiger partial charge in [-0.1, -0.05) is 26.8 Å². The first kappa shape index (κ1) is 11.1. The van der Waals surface area contributed by atoms with Gasteiger partial charge in [-0.2, -0.15) is 0 Å². The molecule has 1 heterocycles. The molecule has 2 rings (SSSR count). The molecule has 3 nitrogen and oxygen atoms in total. The van der Waals surface area contributed by atoms with E-state index < -0.39 is 0 Å². The van der Waals surface area contributed by atoms with E-state index >= 15 is 0 Å². The Morgan fingerprint density at radius 1 is 1.31 bits per heavy atom. The zero-order chi connectivity index (χ0) is 11.8. The summed E-state index contributed by atoms with van der Waals surface area (Å²) in [4.78, 5) is 7.94. The lowest BCUT2D eigenvalue weighted by Gasteiger charge is -2.15. The number of H-pyrrole nitrogens is 1. The van der Waals surface area contributed by atoms with Crippen molar-refractivity contribution in [1.29, 1.82) is 0 Å². The standard InChI is InChI=1S/C13H19N3/c1-13(2,3)7-12-15-10-5-4-9(8-14)6-11(10)16-12/h4-6H,7-8,14H2,1-3H3,(H,15,16). The monoisotopic (exact) mass is 217 g/mol. The van der Waals surface area contributed by atoms with Crippen molar-refractivity contribution in [1.82, 2.24) is 9.97 Å². The lowest BCUT2D eigenvalue weighted by Crippen LogP contribution is -2.10. The van der Waals surface area contributed by atoms with Crippen LogP contribution < -0.4 is 5.73 Å². The van der Waals surface area contributed by atoms with Crippen molar-refractivity contribution in [3.63, 3.8) is 0 Å². The smallest absolute Gasteiger partial charge is 0.107 e. The van der Waals surface area contributed by atoms with Crippen LogP contribution in [0.15, 0.2) is 18.2 Å². The van der Waals surface area contributed by atoms with Gasteiger partial charge in [0.2, 0.25) is 0 Å². The number of nitrogens with two attached hydrogens (primary N) is 1. The van der Waals surface area contributed by atoms with Crippen molar-refractivity contribution >= 4 is 11.0 Å². The topological polar surface area (TPSA) is 54.7 Å². The predicted molar refractivity (Wildman–Crippen MR) is 67.1 cm³/mol. The van der Waals surface area contributed by atoms with Crippen LogP contribution in [0, 0.1) is 5.41 Å². The second kappa shape index (κ2) is 3.91. The molecule has 86 valence electrons. The first-order chi connectivity index (χ1) is 7.48. The Kier molecular flexibility index (Phi) is 2.72. The summed E-state index contributed by atoms with van der Waals surface area (Å²) in [5.41, 5.74) is 9.12. The molecule has 0 spiro atoms. The van der Waals surface area contributed by atoms with E-state index in [-0.39, 0.29) is 5.41 Å². The van der Waals surface area contributed by atoms with Crippen LogP contribution >= 0.6 is 0 Å². The van der Waals surface area contributed by atoms with Crippen LogP contribution in [0.3, 0.4) is 0 Å². The Balaban J connectivity index is 2.36. The molecule has 1 aromatic heterocycles. The van der Waals surface area contributed by atoms with Gasteiger partial charge in [0.25, 0.3) is 0 Å². The molecule has 0 saturated carbocycles. The molecule has 2 aromatic rings. The Morgan fingerprint density at radius 2 is 2.06 bits per heavy atom. The molecule has 0 amide bonds. The summed E-state index contributed by atoms with van der Waals surface area (Å²) >= 11 is 0. The molecule has 0 bridgehead atoms. The number of rotatable bonds is 2. The zero-order valence-electron chi connectivity index (χ0n) is 10.2. The SMILES string of the molecule is CC(C)(C)Cc1nc2ccc(CN)cc2[nH]1. The number of benzene rings is 1. The van der Waals surface area contributed by atoms with Crippen LogP contribution in [0.1, 0.15) is 32.2 Å². The zero-order valence-corrected chi connectivity index (χ0v) is 10.2. The van der Waals surface area contributed by atoms with E-state index in [1.54, 1.807) is 0 Å². The summed E-state index contributed by atoms with van der Waals surface area (Å²) in [6.07, 6.45) is 0.958. The Hall–Kier alpha value is -1.35. The fraction of sp³-hybridized carbons (Fsp3) is 0.462. The largest absolute Gasteiger partial charge is 0.342 e. The van der Waals surface area contributed by atoms with Gasteiger partial charge >= 0.3 is 0 Å². The highest BCUT2D eigenvalue weighted by Crippen LogP contribution is 2.21. The number of nitrogens with zero attached hydrogens (tertiary/aromatic N) is 1. The molecule has 0 unspecified atom stereocenters. The first-order valence-corrected chi connectivity index (χ1v) is 5.65. The van der Waals surface area contributed by atoms with E-state index in [0.717, 1.165) is 28.8 Å². The van der Waals surface area contributed by atoms with E-state index in [4.69, 9.17) is 5.73 Å². The maximum absolute atomic E-state index is 5.62. The number of aromatic nitrogens is 2. The molecule has 0 aliphatic rings. The van der Waals surface area contributed by atoms with Gasteiger partial charge < -0.3 is 10.7 Å². The Bertz CT molecular complexity index is 491. The third-order valence-corrected chi connectivity index (χ3v) is 2.53. The minimum Gasteiger partial charge on any atom is -0.342 e. The average Bonchev–Trinajstić information content (AvgIpc) is 2.55. The van der Waals surface area contributed by atoms with Gasteiger partial charge in [0.1, 0.15) is 5.82 Å². The molecule has 0 aliphatic carbocycles. The third kappa shape index (κ3) is 2.42. The van der Waals surface area contributed by atoms with Crippen molar-refractivity contribution in [2.24, 2.45) is 11.1 Å². The highest BCUT2D eigenvalue weighted by Gasteiger charge is 2.14. The van der Waals surface area contributed by atoms with Crippen molar-refractivity contribution in [2.75, 3.05) is 0 Å². The lowest BCUT2D eigenvalue weighted by atomic mass is 9.92. The molecule has 0 fully saturated rings. The molecule has 0 atom stereocenters. The Morgan fingerprint density at radius 3 is 2.69 bits per heavy atom. The number of hydrogen-bond acceptors (Lipinski definition) is 2. The number of aromatic amines is 1. The maximum Gasteiger partial charge on any atom is 0.107 e. The van der Waals surface area contributed by atoms with Crippen LogP contribution in [0.5, 0.6) is 0 Å². The van der Waals surface area contributed by atoms with E-state index in [9.17, 15) is 0 Å². The minimum absolute atomic E-state index is 0.255. The summed E-state index contributed by atoms with van der Waals surface area (Å²) in [7, 11) is 0. The van der Waals surface area contributed by atoms with E-state index in [1.807, 2.05) is 12.1 Å². The summed E-state index contributed by atoms with van der Waals surface area (Å²) in [5.74, 6) is 1.05. The minimum atomic E-state index is 0.255. The maximum atomic E-state index is 5.62. The van der Waals surface area contributed by atoms with Crippen LogP contribution in [0.2, 0.25) is 0 Å². The fourth-order valence-corrected chi connectivity index (χ4v) is 1.82. The quantitative estimate of drug-likeness (QED) is 0.812. The van der Waals surface area contributed by atoms with Crippen LogP contribution in [-0.4, -0.2) is 9.97 Å². The highest BCUT2D eigenvalue weighted by atomic mass is 14.9. The molecular formula is C13H19N3. The molecule has 0 radical (unpaired) electrons. The number of imidazole rings is 1. The fourth-order valence-electron chi connectivity index (χ4n) is 1.82. The number of nitrogens with one attached hydrogen (secondary N) is 1. The van der Waals surface area contributed by atoms with E-state index in [0.29, 0.717) is 6.54 Å². The van der Waals surface area contributed by atoms with Gasteiger partial charge in [0, 0.05) is 13.0 Å². The summed E-state index contributed by atoms with van der Waals surface area (Å²) in [5, 5.41) is 0. The van der Waals surface area contributed by atoms with Gasteiger partial charge in [0.15, 0.2) is 0 Å². The normalized spacial score (nSPS) is 12.2. The van der Waals surface area contributed by atoms with Crippen LogP contribution in [0.25, 0.3) is 11.0 Å². The summed E-state index contributed by atoms with van der Waals surface area (Å²) in [6.45, 7) is 7.21. The van der Waals surface area contributed by atoms with Gasteiger partial charge in [-0.3, -0.25) is 0 Å². The predicted octanol–water partition coefficient (Wildman–Crippen LogP) is 2.61. The molecular weight excluding hydrogens is 198 g/mol. The third-order valence-electron chi connectivity index (χ3n) is 2.53. The number of fused-ring (bicyclic) bond motifs is 1. The molecule has 3 N–H and O–H groups in total.